The van der Waals surface area contributed by atoms with Crippen LogP contribution in [0.15, 0.2) is 28.6 Å². The van der Waals surface area contributed by atoms with Crippen LogP contribution in [0.2, 0.25) is 5.02 Å². The van der Waals surface area contributed by atoms with Crippen LogP contribution < -0.4 is 10.0 Å². The Kier molecular flexibility index (Phi) is 6.23. The maximum atomic E-state index is 12.4. The molecule has 3 rings (SSSR count). The largest absolute Gasteiger partial charge is 0.296 e. The van der Waals surface area contributed by atoms with Crippen LogP contribution in [-0.2, 0) is 10.0 Å². The summed E-state index contributed by atoms with van der Waals surface area (Å²) in [6.45, 7) is 0.411. The molecule has 0 atom stereocenters. The predicted molar refractivity (Wildman–Crippen MR) is 101 cm³/mol. The number of benzene rings is 1. The van der Waals surface area contributed by atoms with Crippen LogP contribution in [-0.4, -0.2) is 31.1 Å². The van der Waals surface area contributed by atoms with Crippen molar-refractivity contribution in [3.63, 3.8) is 0 Å². The van der Waals surface area contributed by atoms with Crippen molar-refractivity contribution in [2.24, 2.45) is 5.92 Å². The van der Waals surface area contributed by atoms with Crippen LogP contribution in [0.5, 0.6) is 0 Å². The molecule has 1 aliphatic rings. The molecule has 140 valence electrons. The molecule has 1 heterocycles. The molecule has 1 saturated carbocycles. The third-order valence-corrected chi connectivity index (χ3v) is 7.13. The Morgan fingerprint density at radius 1 is 1.15 bits per heavy atom. The fourth-order valence-corrected chi connectivity index (χ4v) is 5.00. The van der Waals surface area contributed by atoms with Gasteiger partial charge in [-0.05, 0) is 43.0 Å². The third-order valence-electron chi connectivity index (χ3n) is 4.25. The van der Waals surface area contributed by atoms with Crippen molar-refractivity contribution < 1.29 is 13.2 Å². The van der Waals surface area contributed by atoms with Gasteiger partial charge in [0.15, 0.2) is 0 Å². The molecule has 0 saturated heterocycles. The highest BCUT2D eigenvalue weighted by molar-refractivity contribution is 7.91. The standard InChI is InChI=1S/C16H19ClN4O3S2/c17-13-8-6-12(7-9-13)14(22)19-15-20-21-16(25-15)26(23,24)18-10-11-4-2-1-3-5-11/h6-9,11,18H,1-5,10H2,(H,19,20,22). The Morgan fingerprint density at radius 2 is 1.85 bits per heavy atom. The molecule has 0 unspecified atom stereocenters. The maximum Gasteiger partial charge on any atom is 0.269 e. The number of carbonyl (C=O) groups excluding carboxylic acids is 1. The molecule has 2 N–H and O–H groups in total. The van der Waals surface area contributed by atoms with Crippen LogP contribution in [0.1, 0.15) is 42.5 Å². The van der Waals surface area contributed by atoms with E-state index in [0.29, 0.717) is 23.0 Å². The molecule has 1 fully saturated rings. The van der Waals surface area contributed by atoms with Gasteiger partial charge in [0.05, 0.1) is 0 Å². The van der Waals surface area contributed by atoms with Crippen molar-refractivity contribution in [3.05, 3.63) is 34.9 Å². The van der Waals surface area contributed by atoms with Gasteiger partial charge >= 0.3 is 0 Å². The van der Waals surface area contributed by atoms with Gasteiger partial charge < -0.3 is 0 Å². The number of aromatic nitrogens is 2. The highest BCUT2D eigenvalue weighted by Crippen LogP contribution is 2.24. The van der Waals surface area contributed by atoms with Gasteiger partial charge in [0.2, 0.25) is 9.47 Å². The number of rotatable bonds is 6. The van der Waals surface area contributed by atoms with Gasteiger partial charge in [-0.25, -0.2) is 13.1 Å². The molecule has 0 aliphatic heterocycles. The molecule has 0 bridgehead atoms. The fourth-order valence-electron chi connectivity index (χ4n) is 2.82. The number of carbonyl (C=O) groups is 1. The van der Waals surface area contributed by atoms with E-state index in [-0.39, 0.29) is 9.47 Å². The molecular weight excluding hydrogens is 396 g/mol. The number of halogens is 1. The van der Waals surface area contributed by atoms with Crippen molar-refractivity contribution in [1.29, 1.82) is 0 Å². The Hall–Kier alpha value is -1.55. The summed E-state index contributed by atoms with van der Waals surface area (Å²) >= 11 is 6.61. The van der Waals surface area contributed by atoms with Crippen molar-refractivity contribution in [3.8, 4) is 0 Å². The summed E-state index contributed by atoms with van der Waals surface area (Å²) in [5, 5.41) is 10.6. The van der Waals surface area contributed by atoms with E-state index in [1.165, 1.54) is 6.42 Å². The highest BCUT2D eigenvalue weighted by Gasteiger charge is 2.23. The van der Waals surface area contributed by atoms with Crippen LogP contribution in [0, 0.1) is 5.92 Å². The fraction of sp³-hybridized carbons (Fsp3) is 0.438. The average Bonchev–Trinajstić information content (AvgIpc) is 3.11. The normalized spacial score (nSPS) is 15.7. The van der Waals surface area contributed by atoms with Crippen LogP contribution in [0.25, 0.3) is 0 Å². The van der Waals surface area contributed by atoms with E-state index in [9.17, 15) is 13.2 Å². The number of amides is 1. The lowest BCUT2D eigenvalue weighted by atomic mass is 9.90. The summed E-state index contributed by atoms with van der Waals surface area (Å²) in [6.07, 6.45) is 5.59. The van der Waals surface area contributed by atoms with Crippen LogP contribution in [0.4, 0.5) is 5.13 Å². The summed E-state index contributed by atoms with van der Waals surface area (Å²) < 4.78 is 27.2. The van der Waals surface area contributed by atoms with Gasteiger partial charge in [-0.1, -0.05) is 42.2 Å². The number of nitrogens with one attached hydrogen (secondary N) is 2. The first-order chi connectivity index (χ1) is 12.4. The quantitative estimate of drug-likeness (QED) is 0.706. The molecule has 1 aromatic carbocycles. The third kappa shape index (κ3) is 5.00. The summed E-state index contributed by atoms with van der Waals surface area (Å²) in [6, 6.07) is 6.34. The number of hydrogen-bond acceptors (Lipinski definition) is 6. The van der Waals surface area contributed by atoms with Crippen LogP contribution >= 0.6 is 22.9 Å². The second-order valence-electron chi connectivity index (χ2n) is 6.19. The van der Waals surface area contributed by atoms with E-state index in [0.717, 1.165) is 37.0 Å². The molecule has 1 aromatic heterocycles. The summed E-state index contributed by atoms with van der Waals surface area (Å²) in [7, 11) is -3.72. The van der Waals surface area contributed by atoms with Crippen molar-refractivity contribution in [1.82, 2.24) is 14.9 Å². The Labute approximate surface area is 161 Å². The highest BCUT2D eigenvalue weighted by atomic mass is 35.5. The first-order valence-corrected chi connectivity index (χ1v) is 11.0. The Bertz CT molecular complexity index is 862. The van der Waals surface area contributed by atoms with E-state index in [1.807, 2.05) is 0 Å². The monoisotopic (exact) mass is 414 g/mol. The second-order valence-corrected chi connectivity index (χ2v) is 9.54. The average molecular weight is 415 g/mol. The second kappa shape index (κ2) is 8.43. The van der Waals surface area contributed by atoms with Crippen molar-refractivity contribution in [2.75, 3.05) is 11.9 Å². The lowest BCUT2D eigenvalue weighted by Gasteiger charge is -2.21. The van der Waals surface area contributed by atoms with Crippen molar-refractivity contribution in [2.45, 2.75) is 36.4 Å². The zero-order valence-corrected chi connectivity index (χ0v) is 16.3. The van der Waals surface area contributed by atoms with Gasteiger partial charge in [0, 0.05) is 17.1 Å². The zero-order valence-electron chi connectivity index (χ0n) is 13.9. The molecule has 10 heteroatoms. The number of nitrogens with zero attached hydrogens (tertiary/aromatic N) is 2. The lowest BCUT2D eigenvalue weighted by molar-refractivity contribution is 0.102. The first kappa shape index (κ1) is 19.2. The Morgan fingerprint density at radius 3 is 2.54 bits per heavy atom. The van der Waals surface area contributed by atoms with Crippen molar-refractivity contribution >= 4 is 44.0 Å². The van der Waals surface area contributed by atoms with Gasteiger partial charge in [0.1, 0.15) is 0 Å². The Balaban J connectivity index is 1.60. The molecule has 26 heavy (non-hydrogen) atoms. The van der Waals surface area contributed by atoms with E-state index >= 15 is 0 Å². The molecule has 2 aromatic rings. The van der Waals surface area contributed by atoms with Gasteiger partial charge in [0.25, 0.3) is 15.9 Å². The SMILES string of the molecule is O=C(Nc1nnc(S(=O)(=O)NCC2CCCCC2)s1)c1ccc(Cl)cc1. The molecule has 0 radical (unpaired) electrons. The number of sulfonamides is 1. The van der Waals surface area contributed by atoms with E-state index < -0.39 is 15.9 Å². The summed E-state index contributed by atoms with van der Waals surface area (Å²) in [5.74, 6) is -0.0348. The number of hydrogen-bond donors (Lipinski definition) is 2. The minimum absolute atomic E-state index is 0.128. The molecule has 7 nitrogen and oxygen atoms in total. The minimum atomic E-state index is -3.72. The summed E-state index contributed by atoms with van der Waals surface area (Å²) in [5.41, 5.74) is 0.393. The minimum Gasteiger partial charge on any atom is -0.296 e. The van der Waals surface area contributed by atoms with E-state index in [2.05, 4.69) is 20.2 Å². The topological polar surface area (TPSA) is 101 Å². The van der Waals surface area contributed by atoms with E-state index in [4.69, 9.17) is 11.6 Å². The predicted octanol–water partition coefficient (Wildman–Crippen LogP) is 3.30. The molecular formula is C16H19ClN4O3S2. The van der Waals surface area contributed by atoms with E-state index in [1.54, 1.807) is 24.3 Å². The maximum absolute atomic E-state index is 12.4. The summed E-state index contributed by atoms with van der Waals surface area (Å²) in [4.78, 5) is 12.1. The zero-order chi connectivity index (χ0) is 18.6. The number of anilines is 1. The first-order valence-electron chi connectivity index (χ1n) is 8.34. The molecule has 0 spiro atoms. The smallest absolute Gasteiger partial charge is 0.269 e. The van der Waals surface area contributed by atoms with Crippen LogP contribution in [0.3, 0.4) is 0 Å². The molecule has 1 amide bonds. The molecule has 1 aliphatic carbocycles. The lowest BCUT2D eigenvalue weighted by Crippen LogP contribution is -2.30. The van der Waals surface area contributed by atoms with Gasteiger partial charge in [-0.3, -0.25) is 10.1 Å². The van der Waals surface area contributed by atoms with Gasteiger partial charge in [-0.2, -0.15) is 0 Å². The van der Waals surface area contributed by atoms with Gasteiger partial charge in [-0.15, -0.1) is 10.2 Å².